The second kappa shape index (κ2) is 7.44. The summed E-state index contributed by atoms with van der Waals surface area (Å²) < 4.78 is 8.53. The van der Waals surface area contributed by atoms with Crippen LogP contribution in [0.2, 0.25) is 0 Å². The van der Waals surface area contributed by atoms with Gasteiger partial charge in [0.1, 0.15) is 5.75 Å². The summed E-state index contributed by atoms with van der Waals surface area (Å²) in [4.78, 5) is 21.9. The minimum Gasteiger partial charge on any atom is -0.497 e. The van der Waals surface area contributed by atoms with Crippen molar-refractivity contribution in [2.75, 3.05) is 7.11 Å². The third-order valence-electron chi connectivity index (χ3n) is 5.14. The lowest BCUT2D eigenvalue weighted by atomic mass is 10.1. The Kier molecular flexibility index (Phi) is 4.48. The molecule has 0 unspecified atom stereocenters. The van der Waals surface area contributed by atoms with Crippen molar-refractivity contribution in [1.82, 2.24) is 24.1 Å². The van der Waals surface area contributed by atoms with Crippen molar-refractivity contribution in [2.45, 2.75) is 13.0 Å². The van der Waals surface area contributed by atoms with Gasteiger partial charge in [-0.2, -0.15) is 9.50 Å². The van der Waals surface area contributed by atoms with Crippen LogP contribution in [-0.2, 0) is 13.0 Å². The standard InChI is InChI=1S/C23H19N5O2/c1-30-18-9-7-17(8-10-18)21-25-23-24-15-19-20(28(23)26-21)12-14-27(22(19)29)13-11-16-5-3-2-4-6-16/h2-10,12,14-15H,11,13H2,1H3. The summed E-state index contributed by atoms with van der Waals surface area (Å²) in [5, 5.41) is 5.10. The van der Waals surface area contributed by atoms with Gasteiger partial charge >= 0.3 is 0 Å². The molecule has 0 aliphatic rings. The Hall–Kier alpha value is -4.00. The highest BCUT2D eigenvalue weighted by Gasteiger charge is 2.12. The fourth-order valence-corrected chi connectivity index (χ4v) is 3.49. The first kappa shape index (κ1) is 18.1. The molecule has 0 N–H and O–H groups in total. The number of fused-ring (bicyclic) bond motifs is 3. The average molecular weight is 397 g/mol. The highest BCUT2D eigenvalue weighted by molar-refractivity contribution is 5.79. The molecule has 3 aromatic heterocycles. The lowest BCUT2D eigenvalue weighted by Crippen LogP contribution is -2.21. The van der Waals surface area contributed by atoms with Crippen molar-refractivity contribution in [3.63, 3.8) is 0 Å². The number of hydrogen-bond donors (Lipinski definition) is 0. The van der Waals surface area contributed by atoms with Crippen LogP contribution in [0.3, 0.4) is 0 Å². The Morgan fingerprint density at radius 3 is 2.57 bits per heavy atom. The molecule has 5 rings (SSSR count). The lowest BCUT2D eigenvalue weighted by molar-refractivity contribution is 0.415. The van der Waals surface area contributed by atoms with Crippen molar-refractivity contribution in [1.29, 1.82) is 0 Å². The maximum Gasteiger partial charge on any atom is 0.261 e. The van der Waals surface area contributed by atoms with Gasteiger partial charge in [-0.15, -0.1) is 5.10 Å². The third kappa shape index (κ3) is 3.20. The number of ether oxygens (including phenoxy) is 1. The SMILES string of the molecule is COc1ccc(-c2nc3ncc4c(=O)n(CCc5ccccc5)ccc4n3n2)cc1. The molecule has 30 heavy (non-hydrogen) atoms. The molecule has 0 amide bonds. The molecule has 2 aromatic carbocycles. The van der Waals surface area contributed by atoms with E-state index in [1.165, 1.54) is 5.56 Å². The van der Waals surface area contributed by atoms with Crippen molar-refractivity contribution < 1.29 is 4.74 Å². The van der Waals surface area contributed by atoms with Crippen LogP contribution >= 0.6 is 0 Å². The second-order valence-electron chi connectivity index (χ2n) is 6.98. The maximum absolute atomic E-state index is 13.0. The molecule has 0 spiro atoms. The van der Waals surface area contributed by atoms with Crippen LogP contribution in [0.15, 0.2) is 77.9 Å². The van der Waals surface area contributed by atoms with Gasteiger partial charge in [0.15, 0.2) is 5.82 Å². The Balaban J connectivity index is 1.52. The minimum atomic E-state index is -0.0840. The van der Waals surface area contributed by atoms with Gasteiger partial charge in [-0.1, -0.05) is 30.3 Å². The Bertz CT molecular complexity index is 1390. The molecule has 0 saturated heterocycles. The smallest absolute Gasteiger partial charge is 0.261 e. The van der Waals surface area contributed by atoms with Crippen molar-refractivity contribution in [2.24, 2.45) is 0 Å². The molecule has 0 radical (unpaired) electrons. The number of rotatable bonds is 5. The van der Waals surface area contributed by atoms with Gasteiger partial charge in [0.05, 0.1) is 18.0 Å². The van der Waals surface area contributed by atoms with Crippen molar-refractivity contribution >= 4 is 16.7 Å². The van der Waals surface area contributed by atoms with E-state index in [2.05, 4.69) is 27.2 Å². The van der Waals surface area contributed by atoms with Crippen LogP contribution in [0.4, 0.5) is 0 Å². The van der Waals surface area contributed by atoms with Crippen molar-refractivity contribution in [3.8, 4) is 17.1 Å². The lowest BCUT2D eigenvalue weighted by Gasteiger charge is -2.07. The third-order valence-corrected chi connectivity index (χ3v) is 5.14. The first-order valence-electron chi connectivity index (χ1n) is 9.66. The number of pyridine rings is 1. The van der Waals surface area contributed by atoms with Gasteiger partial charge < -0.3 is 9.30 Å². The zero-order valence-electron chi connectivity index (χ0n) is 16.4. The highest BCUT2D eigenvalue weighted by Crippen LogP contribution is 2.21. The largest absolute Gasteiger partial charge is 0.497 e. The number of hydrogen-bond acceptors (Lipinski definition) is 5. The van der Waals surface area contributed by atoms with Gasteiger partial charge in [-0.05, 0) is 42.3 Å². The van der Waals surface area contributed by atoms with E-state index < -0.39 is 0 Å². The fraction of sp³-hybridized carbons (Fsp3) is 0.130. The number of benzene rings is 2. The summed E-state index contributed by atoms with van der Waals surface area (Å²) in [5.74, 6) is 1.77. The van der Waals surface area contributed by atoms with Crippen LogP contribution in [-0.4, -0.2) is 31.3 Å². The molecular formula is C23H19N5O2. The van der Waals surface area contributed by atoms with Crippen LogP contribution in [0.25, 0.3) is 28.1 Å². The van der Waals surface area contributed by atoms with Gasteiger partial charge in [0.2, 0.25) is 0 Å². The second-order valence-corrected chi connectivity index (χ2v) is 6.98. The number of nitrogens with zero attached hydrogens (tertiary/aromatic N) is 5. The monoisotopic (exact) mass is 397 g/mol. The molecule has 0 aliphatic carbocycles. The summed E-state index contributed by atoms with van der Waals surface area (Å²) in [6, 6.07) is 19.5. The first-order chi connectivity index (χ1) is 14.7. The molecule has 0 aliphatic heterocycles. The summed E-state index contributed by atoms with van der Waals surface area (Å²) in [6.07, 6.45) is 4.17. The predicted octanol–water partition coefficient (Wildman–Crippen LogP) is 3.36. The van der Waals surface area contributed by atoms with Gasteiger partial charge in [0.25, 0.3) is 11.3 Å². The topological polar surface area (TPSA) is 74.3 Å². The summed E-state index contributed by atoms with van der Waals surface area (Å²) in [7, 11) is 1.63. The zero-order valence-corrected chi connectivity index (χ0v) is 16.4. The molecular weight excluding hydrogens is 378 g/mol. The molecule has 0 fully saturated rings. The maximum atomic E-state index is 13.0. The predicted molar refractivity (Wildman–Crippen MR) is 115 cm³/mol. The van der Waals surface area contributed by atoms with E-state index in [0.717, 1.165) is 17.7 Å². The van der Waals surface area contributed by atoms with Crippen LogP contribution in [0.1, 0.15) is 5.56 Å². The van der Waals surface area contributed by atoms with Crippen LogP contribution in [0.5, 0.6) is 5.75 Å². The van der Waals surface area contributed by atoms with Gasteiger partial charge in [-0.3, -0.25) is 4.79 Å². The van der Waals surface area contributed by atoms with E-state index in [0.29, 0.717) is 29.0 Å². The van der Waals surface area contributed by atoms with E-state index >= 15 is 0 Å². The van der Waals surface area contributed by atoms with E-state index in [-0.39, 0.29) is 5.56 Å². The fourth-order valence-electron chi connectivity index (χ4n) is 3.49. The first-order valence-corrected chi connectivity index (χ1v) is 9.66. The van der Waals surface area contributed by atoms with E-state index in [4.69, 9.17) is 4.74 Å². The normalized spacial score (nSPS) is 11.2. The number of aromatic nitrogens is 5. The molecule has 0 bridgehead atoms. The molecule has 0 atom stereocenters. The summed E-state index contributed by atoms with van der Waals surface area (Å²) in [6.45, 7) is 0.602. The average Bonchev–Trinajstić information content (AvgIpc) is 3.24. The van der Waals surface area contributed by atoms with E-state index in [9.17, 15) is 4.79 Å². The number of aryl methyl sites for hydroxylation is 2. The molecule has 7 nitrogen and oxygen atoms in total. The van der Waals surface area contributed by atoms with E-state index in [1.54, 1.807) is 22.4 Å². The Labute approximate surface area is 172 Å². The molecule has 0 saturated carbocycles. The quantitative estimate of drug-likeness (QED) is 0.455. The van der Waals surface area contributed by atoms with Gasteiger partial charge in [0, 0.05) is 24.5 Å². The van der Waals surface area contributed by atoms with Crippen LogP contribution < -0.4 is 10.3 Å². The molecule has 148 valence electrons. The molecule has 5 aromatic rings. The van der Waals surface area contributed by atoms with Crippen molar-refractivity contribution in [3.05, 3.63) is 89.0 Å². The molecule has 7 heteroatoms. The van der Waals surface area contributed by atoms with Gasteiger partial charge in [-0.25, -0.2) is 4.98 Å². The summed E-state index contributed by atoms with van der Waals surface area (Å²) in [5.41, 5.74) is 2.65. The zero-order chi connectivity index (χ0) is 20.5. The number of methoxy groups -OCH3 is 1. The minimum absolute atomic E-state index is 0.0840. The summed E-state index contributed by atoms with van der Waals surface area (Å²) >= 11 is 0. The Morgan fingerprint density at radius 2 is 1.80 bits per heavy atom. The highest BCUT2D eigenvalue weighted by atomic mass is 16.5. The van der Waals surface area contributed by atoms with Crippen LogP contribution in [0, 0.1) is 0 Å². The molecule has 3 heterocycles. The van der Waals surface area contributed by atoms with E-state index in [1.807, 2.05) is 54.7 Å². The Morgan fingerprint density at radius 1 is 1.00 bits per heavy atom.